The second-order valence-corrected chi connectivity index (χ2v) is 3.06. The van der Waals surface area contributed by atoms with Crippen molar-refractivity contribution in [3.8, 4) is 0 Å². The lowest BCUT2D eigenvalue weighted by atomic mass is 10.2. The minimum absolute atomic E-state index is 0.753. The van der Waals surface area contributed by atoms with Crippen LogP contribution in [-0.4, -0.2) is 9.97 Å². The van der Waals surface area contributed by atoms with E-state index in [0.29, 0.717) is 0 Å². The highest BCUT2D eigenvalue weighted by Crippen LogP contribution is 2.38. The first kappa shape index (κ1) is 10.2. The van der Waals surface area contributed by atoms with Crippen LogP contribution in [0.2, 0.25) is 0 Å². The zero-order valence-electron chi connectivity index (χ0n) is 8.75. The molecule has 0 atom stereocenters. The van der Waals surface area contributed by atoms with Gasteiger partial charge in [-0.05, 0) is 25.3 Å². The summed E-state index contributed by atoms with van der Waals surface area (Å²) in [6, 6.07) is 2.14. The highest BCUT2D eigenvalue weighted by Gasteiger charge is 2.24. The topological polar surface area (TPSA) is 25.8 Å². The van der Waals surface area contributed by atoms with Crippen LogP contribution in [0.5, 0.6) is 0 Å². The van der Waals surface area contributed by atoms with Gasteiger partial charge >= 0.3 is 0 Å². The molecule has 2 nitrogen and oxygen atoms in total. The van der Waals surface area contributed by atoms with E-state index < -0.39 is 0 Å². The Hall–Kier alpha value is -0.920. The fraction of sp³-hybridized carbons (Fsp3) is 0.636. The molecule has 0 aromatic carbocycles. The smallest absolute Gasteiger partial charge is 0.115 e. The molecule has 1 aromatic heterocycles. The summed E-state index contributed by atoms with van der Waals surface area (Å²) >= 11 is 0. The fourth-order valence-corrected chi connectivity index (χ4v) is 1.21. The molecule has 0 unspecified atom stereocenters. The standard InChI is InChI=1S/C9H12N2.C2H6/c1-2-8-5-9(7-3-4-7)11-6-10-8;1-2/h5-7H,2-4H2,1H3;1-2H3. The molecule has 13 heavy (non-hydrogen) atoms. The van der Waals surface area contributed by atoms with Crippen molar-refractivity contribution in [2.75, 3.05) is 0 Å². The van der Waals surface area contributed by atoms with E-state index in [-0.39, 0.29) is 0 Å². The van der Waals surface area contributed by atoms with Gasteiger partial charge in [0, 0.05) is 17.3 Å². The molecule has 0 amide bonds. The Labute approximate surface area is 80.4 Å². The summed E-state index contributed by atoms with van der Waals surface area (Å²) in [5.74, 6) is 0.753. The SMILES string of the molecule is CC.CCc1cc(C2CC2)ncn1. The van der Waals surface area contributed by atoms with Crippen LogP contribution in [0, 0.1) is 0 Å². The van der Waals surface area contributed by atoms with Crippen LogP contribution in [0.4, 0.5) is 0 Å². The van der Waals surface area contributed by atoms with Crippen molar-refractivity contribution in [3.05, 3.63) is 23.8 Å². The first-order valence-electron chi connectivity index (χ1n) is 5.21. The number of rotatable bonds is 2. The van der Waals surface area contributed by atoms with Crippen molar-refractivity contribution in [1.29, 1.82) is 0 Å². The first-order chi connectivity index (χ1) is 6.40. The molecular weight excluding hydrogens is 160 g/mol. The molecule has 1 saturated carbocycles. The number of nitrogens with zero attached hydrogens (tertiary/aromatic N) is 2. The second-order valence-electron chi connectivity index (χ2n) is 3.06. The number of hydrogen-bond acceptors (Lipinski definition) is 2. The lowest BCUT2D eigenvalue weighted by Crippen LogP contribution is -1.92. The molecule has 0 radical (unpaired) electrons. The normalized spacial score (nSPS) is 14.7. The van der Waals surface area contributed by atoms with Gasteiger partial charge in [0.15, 0.2) is 0 Å². The van der Waals surface area contributed by atoms with Crippen molar-refractivity contribution in [1.82, 2.24) is 9.97 Å². The number of aromatic nitrogens is 2. The van der Waals surface area contributed by atoms with E-state index >= 15 is 0 Å². The fourth-order valence-electron chi connectivity index (χ4n) is 1.21. The molecule has 1 fully saturated rings. The summed E-state index contributed by atoms with van der Waals surface area (Å²) in [6.07, 6.45) is 5.34. The average Bonchev–Trinajstić information content (AvgIpc) is 3.04. The largest absolute Gasteiger partial charge is 0.241 e. The lowest BCUT2D eigenvalue weighted by Gasteiger charge is -1.98. The minimum Gasteiger partial charge on any atom is -0.241 e. The molecule has 1 aromatic rings. The van der Waals surface area contributed by atoms with E-state index in [4.69, 9.17) is 0 Å². The van der Waals surface area contributed by atoms with Gasteiger partial charge in [0.2, 0.25) is 0 Å². The first-order valence-corrected chi connectivity index (χ1v) is 5.21. The Morgan fingerprint density at radius 2 is 2.00 bits per heavy atom. The molecule has 1 heterocycles. The predicted octanol–water partition coefficient (Wildman–Crippen LogP) is 2.94. The Morgan fingerprint density at radius 1 is 1.31 bits per heavy atom. The minimum atomic E-state index is 0.753. The third kappa shape index (κ3) is 2.79. The van der Waals surface area contributed by atoms with Gasteiger partial charge < -0.3 is 0 Å². The van der Waals surface area contributed by atoms with Gasteiger partial charge in [-0.3, -0.25) is 0 Å². The Balaban J connectivity index is 0.000000396. The molecule has 0 bridgehead atoms. The lowest BCUT2D eigenvalue weighted by molar-refractivity contribution is 0.929. The van der Waals surface area contributed by atoms with Crippen LogP contribution in [0.25, 0.3) is 0 Å². The summed E-state index contributed by atoms with van der Waals surface area (Å²) in [4.78, 5) is 8.40. The highest BCUT2D eigenvalue weighted by molar-refractivity contribution is 5.16. The molecule has 1 aliphatic rings. The molecule has 0 saturated heterocycles. The van der Waals surface area contributed by atoms with Crippen LogP contribution >= 0.6 is 0 Å². The third-order valence-corrected chi connectivity index (χ3v) is 2.10. The van der Waals surface area contributed by atoms with Crippen molar-refractivity contribution in [2.45, 2.75) is 46.0 Å². The molecule has 2 heteroatoms. The highest BCUT2D eigenvalue weighted by atomic mass is 14.8. The molecular formula is C11H18N2. The molecule has 0 aliphatic heterocycles. The second kappa shape index (κ2) is 4.95. The van der Waals surface area contributed by atoms with E-state index in [1.54, 1.807) is 6.33 Å². The van der Waals surface area contributed by atoms with Crippen LogP contribution in [0.15, 0.2) is 12.4 Å². The van der Waals surface area contributed by atoms with E-state index in [0.717, 1.165) is 12.3 Å². The van der Waals surface area contributed by atoms with Gasteiger partial charge in [-0.25, -0.2) is 9.97 Å². The summed E-state index contributed by atoms with van der Waals surface area (Å²) in [7, 11) is 0. The van der Waals surface area contributed by atoms with Crippen molar-refractivity contribution in [3.63, 3.8) is 0 Å². The zero-order valence-corrected chi connectivity index (χ0v) is 8.75. The van der Waals surface area contributed by atoms with Crippen molar-refractivity contribution in [2.24, 2.45) is 0 Å². The Bertz CT molecular complexity index is 254. The third-order valence-electron chi connectivity index (χ3n) is 2.10. The van der Waals surface area contributed by atoms with Crippen LogP contribution in [-0.2, 0) is 6.42 Å². The van der Waals surface area contributed by atoms with Gasteiger partial charge in [0.05, 0.1) is 0 Å². The van der Waals surface area contributed by atoms with Crippen molar-refractivity contribution >= 4 is 0 Å². The van der Waals surface area contributed by atoms with E-state index in [9.17, 15) is 0 Å². The Morgan fingerprint density at radius 3 is 2.54 bits per heavy atom. The summed E-state index contributed by atoms with van der Waals surface area (Å²) in [6.45, 7) is 6.12. The summed E-state index contributed by atoms with van der Waals surface area (Å²) in [5, 5.41) is 0. The molecule has 0 spiro atoms. The van der Waals surface area contributed by atoms with Crippen LogP contribution < -0.4 is 0 Å². The molecule has 0 N–H and O–H groups in total. The summed E-state index contributed by atoms with van der Waals surface area (Å²) < 4.78 is 0. The molecule has 1 aliphatic carbocycles. The van der Waals surface area contributed by atoms with Gasteiger partial charge in [-0.2, -0.15) is 0 Å². The quantitative estimate of drug-likeness (QED) is 0.695. The van der Waals surface area contributed by atoms with E-state index in [1.165, 1.54) is 24.2 Å². The van der Waals surface area contributed by atoms with E-state index in [2.05, 4.69) is 23.0 Å². The maximum absolute atomic E-state index is 4.24. The van der Waals surface area contributed by atoms with Crippen LogP contribution in [0.1, 0.15) is 50.9 Å². The average molecular weight is 178 g/mol. The van der Waals surface area contributed by atoms with Gasteiger partial charge in [0.25, 0.3) is 0 Å². The van der Waals surface area contributed by atoms with Gasteiger partial charge in [-0.15, -0.1) is 0 Å². The predicted molar refractivity (Wildman–Crippen MR) is 54.7 cm³/mol. The molecule has 72 valence electrons. The number of aryl methyl sites for hydroxylation is 1. The monoisotopic (exact) mass is 178 g/mol. The summed E-state index contributed by atoms with van der Waals surface area (Å²) in [5.41, 5.74) is 2.42. The number of hydrogen-bond donors (Lipinski definition) is 0. The molecule has 2 rings (SSSR count). The van der Waals surface area contributed by atoms with Gasteiger partial charge in [-0.1, -0.05) is 20.8 Å². The maximum Gasteiger partial charge on any atom is 0.115 e. The van der Waals surface area contributed by atoms with Crippen molar-refractivity contribution < 1.29 is 0 Å². The van der Waals surface area contributed by atoms with E-state index in [1.807, 2.05) is 13.8 Å². The Kier molecular flexibility index (Phi) is 3.87. The van der Waals surface area contributed by atoms with Crippen LogP contribution in [0.3, 0.4) is 0 Å². The van der Waals surface area contributed by atoms with Gasteiger partial charge in [0.1, 0.15) is 6.33 Å². The maximum atomic E-state index is 4.24. The zero-order chi connectivity index (χ0) is 9.68.